The molecule has 1 aromatic heterocycles. The maximum atomic E-state index is 14.8. The Hall–Kier alpha value is -3.01. The molecule has 0 saturated carbocycles. The van der Waals surface area contributed by atoms with Crippen molar-refractivity contribution in [1.29, 1.82) is 5.41 Å². The van der Waals surface area contributed by atoms with E-state index in [0.29, 0.717) is 11.6 Å². The van der Waals surface area contributed by atoms with Crippen molar-refractivity contribution in [3.8, 4) is 0 Å². The number of fused-ring (bicyclic) bond motifs is 1. The summed E-state index contributed by atoms with van der Waals surface area (Å²) in [6.45, 7) is 4.28. The lowest BCUT2D eigenvalue weighted by Gasteiger charge is -2.46. The summed E-state index contributed by atoms with van der Waals surface area (Å²) in [4.78, 5) is 0. The van der Waals surface area contributed by atoms with E-state index in [0.717, 1.165) is 34.2 Å². The fraction of sp³-hybridized carbons (Fsp3) is 0.333. The SMILES string of the molecule is CCCn1ncc2cc([C@@H]3[C@@](C)(c4ccc(F)cc4F)NC(=N)N(C)S3(=O)=O)ccc21. The van der Waals surface area contributed by atoms with E-state index in [1.165, 1.54) is 20.0 Å². The Morgan fingerprint density at radius 1 is 1.23 bits per heavy atom. The number of nitrogens with zero attached hydrogens (tertiary/aromatic N) is 3. The molecule has 1 aliphatic heterocycles. The van der Waals surface area contributed by atoms with Gasteiger partial charge in [-0.05, 0) is 37.1 Å². The van der Waals surface area contributed by atoms with Gasteiger partial charge >= 0.3 is 0 Å². The first-order valence-corrected chi connectivity index (χ1v) is 11.4. The van der Waals surface area contributed by atoms with E-state index in [1.807, 2.05) is 11.6 Å². The van der Waals surface area contributed by atoms with Crippen LogP contribution in [0.5, 0.6) is 0 Å². The first-order chi connectivity index (χ1) is 14.6. The minimum atomic E-state index is -4.10. The number of rotatable bonds is 4. The molecule has 4 rings (SSSR count). The van der Waals surface area contributed by atoms with E-state index in [1.54, 1.807) is 24.4 Å². The summed E-state index contributed by atoms with van der Waals surface area (Å²) in [6.07, 6.45) is 2.56. The van der Waals surface area contributed by atoms with Crippen LogP contribution in [-0.2, 0) is 22.1 Å². The molecule has 3 aromatic rings. The van der Waals surface area contributed by atoms with Crippen molar-refractivity contribution in [2.45, 2.75) is 37.6 Å². The van der Waals surface area contributed by atoms with Crippen LogP contribution in [0.15, 0.2) is 42.6 Å². The Bertz CT molecular complexity index is 1290. The standard InChI is InChI=1S/C21H23F2N5O2S/c1-4-9-28-18-8-5-13(10-14(18)12-25-28)19-21(2,16-7-6-15(22)11-17(16)23)26-20(24)27(3)31(19,29)30/h5-8,10-12,19H,4,9H2,1-3H3,(H2,24,26)/t19-,21-/m1/s1. The van der Waals surface area contributed by atoms with Gasteiger partial charge in [0, 0.05) is 30.6 Å². The molecule has 1 fully saturated rings. The number of nitrogens with one attached hydrogen (secondary N) is 2. The molecule has 0 radical (unpaired) electrons. The van der Waals surface area contributed by atoms with Crippen molar-refractivity contribution in [2.24, 2.45) is 0 Å². The summed E-state index contributed by atoms with van der Waals surface area (Å²) in [5, 5.41) is 14.8. The minimum Gasteiger partial charge on any atom is -0.345 e. The topological polar surface area (TPSA) is 91.1 Å². The summed E-state index contributed by atoms with van der Waals surface area (Å²) < 4.78 is 58.0. The average Bonchev–Trinajstić information content (AvgIpc) is 3.08. The van der Waals surface area contributed by atoms with Crippen LogP contribution in [0, 0.1) is 17.0 Å². The highest BCUT2D eigenvalue weighted by Crippen LogP contribution is 2.46. The molecule has 2 aromatic carbocycles. The summed E-state index contributed by atoms with van der Waals surface area (Å²) >= 11 is 0. The molecule has 31 heavy (non-hydrogen) atoms. The Labute approximate surface area is 179 Å². The molecule has 2 heterocycles. The fourth-order valence-electron chi connectivity index (χ4n) is 4.26. The molecule has 1 aliphatic rings. The summed E-state index contributed by atoms with van der Waals surface area (Å²) in [6, 6.07) is 8.21. The third-order valence-electron chi connectivity index (χ3n) is 5.79. The van der Waals surface area contributed by atoms with Gasteiger partial charge in [0.2, 0.25) is 16.0 Å². The summed E-state index contributed by atoms with van der Waals surface area (Å²) in [5.41, 5.74) is -0.306. The molecule has 164 valence electrons. The third-order valence-corrected chi connectivity index (χ3v) is 8.08. The van der Waals surface area contributed by atoms with E-state index in [2.05, 4.69) is 10.4 Å². The number of sulfonamides is 1. The van der Waals surface area contributed by atoms with Gasteiger partial charge in [0.05, 0.1) is 17.3 Å². The van der Waals surface area contributed by atoms with Crippen molar-refractivity contribution >= 4 is 26.9 Å². The van der Waals surface area contributed by atoms with E-state index in [4.69, 9.17) is 5.41 Å². The minimum absolute atomic E-state index is 0.0397. The Morgan fingerprint density at radius 3 is 2.65 bits per heavy atom. The molecular formula is C21H23F2N5O2S. The molecule has 0 spiro atoms. The van der Waals surface area contributed by atoms with Crippen LogP contribution >= 0.6 is 0 Å². The molecule has 10 heteroatoms. The largest absolute Gasteiger partial charge is 0.345 e. The first kappa shape index (κ1) is 21.2. The monoisotopic (exact) mass is 447 g/mol. The number of benzene rings is 2. The third kappa shape index (κ3) is 3.25. The van der Waals surface area contributed by atoms with Crippen LogP contribution in [-0.4, -0.2) is 35.5 Å². The van der Waals surface area contributed by atoms with Gasteiger partial charge in [-0.1, -0.05) is 19.1 Å². The molecule has 2 atom stereocenters. The molecule has 1 saturated heterocycles. The molecule has 0 aliphatic carbocycles. The lowest BCUT2D eigenvalue weighted by molar-refractivity contribution is 0.344. The Kier molecular flexibility index (Phi) is 5.00. The van der Waals surface area contributed by atoms with Crippen molar-refractivity contribution in [2.75, 3.05) is 7.05 Å². The predicted molar refractivity (Wildman–Crippen MR) is 114 cm³/mol. The maximum Gasteiger partial charge on any atom is 0.246 e. The molecule has 0 unspecified atom stereocenters. The second kappa shape index (κ2) is 7.30. The van der Waals surface area contributed by atoms with Gasteiger partial charge in [-0.15, -0.1) is 0 Å². The van der Waals surface area contributed by atoms with Crippen LogP contribution in [0.3, 0.4) is 0 Å². The highest BCUT2D eigenvalue weighted by molar-refractivity contribution is 7.90. The number of aromatic nitrogens is 2. The maximum absolute atomic E-state index is 14.8. The second-order valence-corrected chi connectivity index (χ2v) is 9.93. The highest BCUT2D eigenvalue weighted by Gasteiger charge is 2.53. The van der Waals surface area contributed by atoms with Crippen LogP contribution in [0.2, 0.25) is 0 Å². The van der Waals surface area contributed by atoms with Crippen LogP contribution in [0.1, 0.15) is 36.6 Å². The van der Waals surface area contributed by atoms with Gasteiger partial charge in [-0.3, -0.25) is 10.1 Å². The van der Waals surface area contributed by atoms with Gasteiger partial charge < -0.3 is 5.32 Å². The van der Waals surface area contributed by atoms with E-state index in [-0.39, 0.29) is 11.5 Å². The molecule has 2 N–H and O–H groups in total. The number of guanidine groups is 1. The van der Waals surface area contributed by atoms with Gasteiger partial charge in [0.25, 0.3) is 0 Å². The van der Waals surface area contributed by atoms with Crippen LogP contribution < -0.4 is 5.32 Å². The summed E-state index contributed by atoms with van der Waals surface area (Å²) in [5.74, 6) is -2.04. The quantitative estimate of drug-likeness (QED) is 0.641. The second-order valence-electron chi connectivity index (χ2n) is 7.88. The zero-order valence-electron chi connectivity index (χ0n) is 17.4. The van der Waals surface area contributed by atoms with Gasteiger partial charge in [0.15, 0.2) is 0 Å². The smallest absolute Gasteiger partial charge is 0.246 e. The molecule has 0 bridgehead atoms. The highest BCUT2D eigenvalue weighted by atomic mass is 32.2. The number of hydrogen-bond donors (Lipinski definition) is 2. The van der Waals surface area contributed by atoms with Crippen LogP contribution in [0.4, 0.5) is 8.78 Å². The van der Waals surface area contributed by atoms with Crippen LogP contribution in [0.25, 0.3) is 10.9 Å². The summed E-state index contributed by atoms with van der Waals surface area (Å²) in [7, 11) is -2.83. The van der Waals surface area contributed by atoms with E-state index < -0.39 is 32.4 Å². The zero-order chi connectivity index (χ0) is 22.6. The van der Waals surface area contributed by atoms with E-state index >= 15 is 0 Å². The number of aryl methyl sites for hydroxylation is 1. The average molecular weight is 448 g/mol. The Balaban J connectivity index is 1.94. The van der Waals surface area contributed by atoms with Crippen molar-refractivity contribution in [3.05, 3.63) is 65.4 Å². The van der Waals surface area contributed by atoms with E-state index in [9.17, 15) is 17.2 Å². The lowest BCUT2D eigenvalue weighted by Crippen LogP contribution is -2.62. The fourth-order valence-corrected chi connectivity index (χ4v) is 6.15. The molecule has 7 nitrogen and oxygen atoms in total. The Morgan fingerprint density at radius 2 is 1.97 bits per heavy atom. The molecule has 0 amide bonds. The first-order valence-electron chi connectivity index (χ1n) is 9.85. The van der Waals surface area contributed by atoms with Crippen molar-refractivity contribution < 1.29 is 17.2 Å². The number of halogens is 2. The predicted octanol–water partition coefficient (Wildman–Crippen LogP) is 3.48. The lowest BCUT2D eigenvalue weighted by atomic mass is 9.84. The van der Waals surface area contributed by atoms with Gasteiger partial charge in [-0.2, -0.15) is 5.10 Å². The van der Waals surface area contributed by atoms with Gasteiger partial charge in [0.1, 0.15) is 16.9 Å². The molecular weight excluding hydrogens is 424 g/mol. The number of hydrogen-bond acceptors (Lipinski definition) is 4. The zero-order valence-corrected chi connectivity index (χ0v) is 18.2. The van der Waals surface area contributed by atoms with Crippen molar-refractivity contribution in [3.63, 3.8) is 0 Å². The normalized spacial score (nSPS) is 23.2. The van der Waals surface area contributed by atoms with Crippen molar-refractivity contribution in [1.82, 2.24) is 19.4 Å². The van der Waals surface area contributed by atoms with Gasteiger partial charge in [-0.25, -0.2) is 21.5 Å².